The van der Waals surface area contributed by atoms with Crippen LogP contribution in [0.25, 0.3) is 11.5 Å². The van der Waals surface area contributed by atoms with Crippen LogP contribution in [0.15, 0.2) is 28.7 Å². The van der Waals surface area contributed by atoms with Gasteiger partial charge in [0.05, 0.1) is 0 Å². The van der Waals surface area contributed by atoms with Crippen molar-refractivity contribution in [2.75, 3.05) is 0 Å². The molecule has 0 unspecified atom stereocenters. The van der Waals surface area contributed by atoms with Gasteiger partial charge in [0.15, 0.2) is 0 Å². The molecular formula is C10H7Cl3N2O. The Kier molecular flexibility index (Phi) is 3.10. The van der Waals surface area contributed by atoms with Gasteiger partial charge in [-0.25, -0.2) is 0 Å². The summed E-state index contributed by atoms with van der Waals surface area (Å²) in [5, 5.41) is 7.51. The molecule has 2 rings (SSSR count). The highest BCUT2D eigenvalue weighted by Gasteiger charge is 2.30. The molecule has 84 valence electrons. The minimum absolute atomic E-state index is 0.0333. The minimum atomic E-state index is -1.69. The van der Waals surface area contributed by atoms with Gasteiger partial charge in [0.2, 0.25) is 5.89 Å². The molecule has 0 saturated carbocycles. The topological polar surface area (TPSA) is 38.9 Å². The van der Waals surface area contributed by atoms with Gasteiger partial charge >= 0.3 is 0 Å². The van der Waals surface area contributed by atoms with E-state index in [1.807, 2.05) is 31.2 Å². The molecule has 0 fully saturated rings. The molecule has 6 heteroatoms. The van der Waals surface area contributed by atoms with Crippen molar-refractivity contribution in [2.24, 2.45) is 0 Å². The molecular weight excluding hydrogens is 270 g/mol. The number of benzene rings is 1. The second-order valence-corrected chi connectivity index (χ2v) is 5.56. The van der Waals surface area contributed by atoms with Crippen molar-refractivity contribution >= 4 is 34.8 Å². The summed E-state index contributed by atoms with van der Waals surface area (Å²) < 4.78 is 3.59. The maximum atomic E-state index is 5.63. The fourth-order valence-electron chi connectivity index (χ4n) is 1.23. The lowest BCUT2D eigenvalue weighted by Crippen LogP contribution is -1.99. The largest absolute Gasteiger partial charge is 0.416 e. The first kappa shape index (κ1) is 11.7. The van der Waals surface area contributed by atoms with Gasteiger partial charge in [0, 0.05) is 5.56 Å². The molecule has 0 saturated heterocycles. The lowest BCUT2D eigenvalue weighted by molar-refractivity contribution is 0.514. The second-order valence-electron chi connectivity index (χ2n) is 3.28. The molecule has 0 amide bonds. The van der Waals surface area contributed by atoms with Crippen molar-refractivity contribution in [3.05, 3.63) is 35.7 Å². The van der Waals surface area contributed by atoms with Crippen molar-refractivity contribution in [1.82, 2.24) is 10.2 Å². The predicted octanol–water partition coefficient (Wildman–Crippen LogP) is 3.87. The molecule has 0 N–H and O–H groups in total. The summed E-state index contributed by atoms with van der Waals surface area (Å²) in [4.78, 5) is 0. The average molecular weight is 278 g/mol. The molecule has 3 nitrogen and oxygen atoms in total. The Labute approximate surface area is 107 Å². The third-order valence-electron chi connectivity index (χ3n) is 1.93. The van der Waals surface area contributed by atoms with E-state index in [9.17, 15) is 0 Å². The van der Waals surface area contributed by atoms with Gasteiger partial charge in [-0.1, -0.05) is 52.5 Å². The quantitative estimate of drug-likeness (QED) is 0.743. The molecule has 0 spiro atoms. The van der Waals surface area contributed by atoms with E-state index in [2.05, 4.69) is 10.2 Å². The standard InChI is InChI=1S/C10H7Cl3N2O/c1-6-3-2-4-7(5-6)8-14-15-9(16-8)10(11,12)13/h2-5H,1H3. The number of rotatable bonds is 1. The summed E-state index contributed by atoms with van der Waals surface area (Å²) in [5.41, 5.74) is 1.89. The van der Waals surface area contributed by atoms with E-state index in [0.717, 1.165) is 11.1 Å². The van der Waals surface area contributed by atoms with Crippen LogP contribution < -0.4 is 0 Å². The first-order chi connectivity index (χ1) is 7.47. The zero-order chi connectivity index (χ0) is 11.8. The Hall–Kier alpha value is -0.770. The van der Waals surface area contributed by atoms with Crippen LogP contribution in [0.5, 0.6) is 0 Å². The molecule has 1 aromatic heterocycles. The van der Waals surface area contributed by atoms with Crippen molar-refractivity contribution in [1.29, 1.82) is 0 Å². The van der Waals surface area contributed by atoms with Crippen molar-refractivity contribution < 1.29 is 4.42 Å². The number of aromatic nitrogens is 2. The van der Waals surface area contributed by atoms with E-state index in [-0.39, 0.29) is 5.89 Å². The van der Waals surface area contributed by atoms with Crippen LogP contribution in [0.4, 0.5) is 0 Å². The van der Waals surface area contributed by atoms with Crippen LogP contribution in [0, 0.1) is 6.92 Å². The van der Waals surface area contributed by atoms with Crippen molar-refractivity contribution in [2.45, 2.75) is 10.7 Å². The smallest absolute Gasteiger partial charge is 0.268 e. The second kappa shape index (κ2) is 4.24. The lowest BCUT2D eigenvalue weighted by atomic mass is 10.1. The van der Waals surface area contributed by atoms with E-state index in [1.165, 1.54) is 0 Å². The van der Waals surface area contributed by atoms with Gasteiger partial charge in [-0.3, -0.25) is 0 Å². The summed E-state index contributed by atoms with van der Waals surface area (Å²) in [6.45, 7) is 1.97. The molecule has 0 aliphatic heterocycles. The number of hydrogen-bond donors (Lipinski definition) is 0. The third-order valence-corrected chi connectivity index (χ3v) is 2.42. The van der Waals surface area contributed by atoms with E-state index < -0.39 is 3.79 Å². The minimum Gasteiger partial charge on any atom is -0.416 e. The third kappa shape index (κ3) is 2.48. The molecule has 1 heterocycles. The zero-order valence-electron chi connectivity index (χ0n) is 8.25. The summed E-state index contributed by atoms with van der Waals surface area (Å²) >= 11 is 16.9. The maximum absolute atomic E-state index is 5.63. The Morgan fingerprint density at radius 3 is 2.50 bits per heavy atom. The average Bonchev–Trinajstić information content (AvgIpc) is 2.65. The Balaban J connectivity index is 2.39. The van der Waals surface area contributed by atoms with Crippen LogP contribution in [0.2, 0.25) is 0 Å². The number of hydrogen-bond acceptors (Lipinski definition) is 3. The monoisotopic (exact) mass is 276 g/mol. The van der Waals surface area contributed by atoms with E-state index in [0.29, 0.717) is 5.89 Å². The molecule has 0 atom stereocenters. The lowest BCUT2D eigenvalue weighted by Gasteiger charge is -2.02. The number of aryl methyl sites for hydroxylation is 1. The van der Waals surface area contributed by atoms with Crippen LogP contribution in [-0.4, -0.2) is 10.2 Å². The van der Waals surface area contributed by atoms with Crippen molar-refractivity contribution in [3.63, 3.8) is 0 Å². The highest BCUT2D eigenvalue weighted by Crippen LogP contribution is 2.38. The van der Waals surface area contributed by atoms with E-state index in [4.69, 9.17) is 39.2 Å². The molecule has 16 heavy (non-hydrogen) atoms. The van der Waals surface area contributed by atoms with E-state index >= 15 is 0 Å². The highest BCUT2D eigenvalue weighted by atomic mass is 35.6. The molecule has 2 aromatic rings. The summed E-state index contributed by atoms with van der Waals surface area (Å²) in [6.07, 6.45) is 0. The van der Waals surface area contributed by atoms with Crippen LogP contribution in [0.1, 0.15) is 11.5 Å². The molecule has 0 aliphatic carbocycles. The molecule has 0 aliphatic rings. The van der Waals surface area contributed by atoms with Crippen LogP contribution in [0.3, 0.4) is 0 Å². The SMILES string of the molecule is Cc1cccc(-c2nnc(C(Cl)(Cl)Cl)o2)c1. The van der Waals surface area contributed by atoms with Gasteiger partial charge in [-0.05, 0) is 19.1 Å². The van der Waals surface area contributed by atoms with Gasteiger partial charge in [0.25, 0.3) is 9.68 Å². The van der Waals surface area contributed by atoms with E-state index in [1.54, 1.807) is 0 Å². The normalized spacial score (nSPS) is 11.8. The molecule has 0 radical (unpaired) electrons. The fourth-order valence-corrected chi connectivity index (χ4v) is 1.46. The first-order valence-corrected chi connectivity index (χ1v) is 5.58. The summed E-state index contributed by atoms with van der Waals surface area (Å²) in [5.74, 6) is 0.305. The number of halogens is 3. The van der Waals surface area contributed by atoms with Gasteiger partial charge < -0.3 is 4.42 Å². The molecule has 0 bridgehead atoms. The first-order valence-electron chi connectivity index (χ1n) is 4.44. The van der Waals surface area contributed by atoms with Gasteiger partial charge in [-0.2, -0.15) is 0 Å². The van der Waals surface area contributed by atoms with Crippen LogP contribution >= 0.6 is 34.8 Å². The highest BCUT2D eigenvalue weighted by molar-refractivity contribution is 6.66. The van der Waals surface area contributed by atoms with Crippen molar-refractivity contribution in [3.8, 4) is 11.5 Å². The fraction of sp³-hybridized carbons (Fsp3) is 0.200. The zero-order valence-corrected chi connectivity index (χ0v) is 10.5. The molecule has 1 aromatic carbocycles. The number of alkyl halides is 3. The summed E-state index contributed by atoms with van der Waals surface area (Å²) in [6, 6.07) is 7.62. The van der Waals surface area contributed by atoms with Gasteiger partial charge in [0.1, 0.15) is 0 Å². The van der Waals surface area contributed by atoms with Gasteiger partial charge in [-0.15, -0.1) is 10.2 Å². The Bertz CT molecular complexity index is 505. The number of nitrogens with zero attached hydrogens (tertiary/aromatic N) is 2. The predicted molar refractivity (Wildman–Crippen MR) is 63.7 cm³/mol. The summed E-state index contributed by atoms with van der Waals surface area (Å²) in [7, 11) is 0. The Morgan fingerprint density at radius 2 is 1.94 bits per heavy atom. The Morgan fingerprint density at radius 1 is 1.19 bits per heavy atom. The maximum Gasteiger partial charge on any atom is 0.268 e. The van der Waals surface area contributed by atoms with Crippen LogP contribution in [-0.2, 0) is 3.79 Å².